The molecule has 1 saturated carbocycles. The third kappa shape index (κ3) is 2.96. The number of hydrogen-bond donors (Lipinski definition) is 1. The molecule has 1 aliphatic carbocycles. The van der Waals surface area contributed by atoms with Gasteiger partial charge in [-0.25, -0.2) is 4.98 Å². The normalized spacial score (nSPS) is 14.7. The largest absolute Gasteiger partial charge is 0.384 e. The first-order valence-electron chi connectivity index (χ1n) is 6.12. The zero-order chi connectivity index (χ0) is 12.4. The topological polar surface area (TPSA) is 59.2 Å². The van der Waals surface area contributed by atoms with Crippen LogP contribution in [0.4, 0.5) is 5.82 Å². The molecule has 0 bridgehead atoms. The molecule has 0 aromatic carbocycles. The quantitative estimate of drug-likeness (QED) is 0.861. The number of aryl methyl sites for hydroxylation is 1. The lowest BCUT2D eigenvalue weighted by Crippen LogP contribution is -2.29. The van der Waals surface area contributed by atoms with Gasteiger partial charge in [0.15, 0.2) is 0 Å². The minimum atomic E-state index is 0.0423. The maximum absolute atomic E-state index is 12.2. The molecule has 0 aliphatic heterocycles. The van der Waals surface area contributed by atoms with Crippen LogP contribution in [-0.2, 0) is 6.42 Å². The first-order valence-corrected chi connectivity index (χ1v) is 6.12. The van der Waals surface area contributed by atoms with Gasteiger partial charge in [-0.15, -0.1) is 0 Å². The highest BCUT2D eigenvalue weighted by atomic mass is 16.2. The smallest absolute Gasteiger partial charge is 0.253 e. The maximum Gasteiger partial charge on any atom is 0.253 e. The Bertz CT molecular complexity index is 427. The van der Waals surface area contributed by atoms with Gasteiger partial charge in [0.2, 0.25) is 0 Å². The van der Waals surface area contributed by atoms with E-state index < -0.39 is 0 Å². The van der Waals surface area contributed by atoms with E-state index in [1.807, 2.05) is 20.0 Å². The number of nitrogens with two attached hydrogens (primary N) is 1. The molecule has 92 valence electrons. The second-order valence-corrected chi connectivity index (χ2v) is 4.75. The van der Waals surface area contributed by atoms with Crippen molar-refractivity contribution in [2.24, 2.45) is 5.92 Å². The molecule has 2 rings (SSSR count). The summed E-state index contributed by atoms with van der Waals surface area (Å²) >= 11 is 0. The van der Waals surface area contributed by atoms with Crippen molar-refractivity contribution in [1.82, 2.24) is 9.88 Å². The van der Waals surface area contributed by atoms with Gasteiger partial charge in [-0.3, -0.25) is 4.79 Å². The van der Waals surface area contributed by atoms with E-state index in [0.29, 0.717) is 17.3 Å². The fraction of sp³-hybridized carbons (Fsp3) is 0.538. The van der Waals surface area contributed by atoms with Crippen LogP contribution in [0.3, 0.4) is 0 Å². The van der Waals surface area contributed by atoms with Crippen LogP contribution in [-0.4, -0.2) is 29.4 Å². The highest BCUT2D eigenvalue weighted by Crippen LogP contribution is 2.29. The van der Waals surface area contributed by atoms with E-state index >= 15 is 0 Å². The summed E-state index contributed by atoms with van der Waals surface area (Å²) in [7, 11) is 1.85. The van der Waals surface area contributed by atoms with Gasteiger partial charge in [0.05, 0.1) is 0 Å². The van der Waals surface area contributed by atoms with Gasteiger partial charge in [-0.1, -0.05) is 6.92 Å². The fourth-order valence-corrected chi connectivity index (χ4v) is 1.91. The number of carbonyl (C=O) groups excluding carboxylic acids is 1. The lowest BCUT2D eigenvalue weighted by atomic mass is 10.1. The highest BCUT2D eigenvalue weighted by molar-refractivity contribution is 5.94. The van der Waals surface area contributed by atoms with E-state index in [2.05, 4.69) is 4.98 Å². The molecule has 1 amide bonds. The molecule has 1 aromatic rings. The van der Waals surface area contributed by atoms with E-state index in [-0.39, 0.29) is 5.91 Å². The Labute approximate surface area is 102 Å². The molecular formula is C13H19N3O. The highest BCUT2D eigenvalue weighted by Gasteiger charge is 2.25. The number of pyridine rings is 1. The van der Waals surface area contributed by atoms with Crippen LogP contribution >= 0.6 is 0 Å². The van der Waals surface area contributed by atoms with Crippen molar-refractivity contribution < 1.29 is 4.79 Å². The first kappa shape index (κ1) is 11.9. The molecule has 0 unspecified atom stereocenters. The van der Waals surface area contributed by atoms with Crippen LogP contribution in [0.15, 0.2) is 12.1 Å². The molecule has 1 fully saturated rings. The Balaban J connectivity index is 2.13. The van der Waals surface area contributed by atoms with Crippen molar-refractivity contribution in [3.63, 3.8) is 0 Å². The maximum atomic E-state index is 12.2. The van der Waals surface area contributed by atoms with Crippen molar-refractivity contribution in [2.45, 2.75) is 26.2 Å². The molecule has 1 aromatic heterocycles. The monoisotopic (exact) mass is 233 g/mol. The summed E-state index contributed by atoms with van der Waals surface area (Å²) in [5.41, 5.74) is 7.22. The minimum Gasteiger partial charge on any atom is -0.384 e. The van der Waals surface area contributed by atoms with E-state index in [1.54, 1.807) is 11.0 Å². The molecule has 4 nitrogen and oxygen atoms in total. The molecule has 0 saturated heterocycles. The van der Waals surface area contributed by atoms with Gasteiger partial charge in [0, 0.05) is 24.8 Å². The predicted octanol–water partition coefficient (Wildman–Crippen LogP) is 1.71. The van der Waals surface area contributed by atoms with Crippen molar-refractivity contribution in [2.75, 3.05) is 19.3 Å². The van der Waals surface area contributed by atoms with Crippen LogP contribution in [0.5, 0.6) is 0 Å². The van der Waals surface area contributed by atoms with Crippen molar-refractivity contribution >= 4 is 11.7 Å². The minimum absolute atomic E-state index is 0.0423. The number of nitrogens with zero attached hydrogens (tertiary/aromatic N) is 2. The van der Waals surface area contributed by atoms with E-state index in [1.165, 1.54) is 12.8 Å². The third-order valence-corrected chi connectivity index (χ3v) is 3.08. The third-order valence-electron chi connectivity index (χ3n) is 3.08. The molecule has 0 radical (unpaired) electrons. The number of rotatable bonds is 4. The van der Waals surface area contributed by atoms with Crippen LogP contribution in [0.25, 0.3) is 0 Å². The number of nitrogen functional groups attached to an aromatic ring is 1. The fourth-order valence-electron chi connectivity index (χ4n) is 1.91. The molecule has 2 N–H and O–H groups in total. The second kappa shape index (κ2) is 4.73. The standard InChI is InChI=1S/C13H19N3O/c1-3-11-6-10(7-12(14)15-11)13(17)16(2)8-9-4-5-9/h6-7,9H,3-5,8H2,1-2H3,(H2,14,15). The van der Waals surface area contributed by atoms with Crippen LogP contribution in [0.1, 0.15) is 35.8 Å². The summed E-state index contributed by atoms with van der Waals surface area (Å²) in [6, 6.07) is 3.49. The molecule has 4 heteroatoms. The summed E-state index contributed by atoms with van der Waals surface area (Å²) in [5.74, 6) is 1.17. The summed E-state index contributed by atoms with van der Waals surface area (Å²) in [6.07, 6.45) is 3.28. The zero-order valence-corrected chi connectivity index (χ0v) is 10.4. The van der Waals surface area contributed by atoms with E-state index in [4.69, 9.17) is 5.73 Å². The molecule has 17 heavy (non-hydrogen) atoms. The Morgan fingerprint density at radius 3 is 2.82 bits per heavy atom. The summed E-state index contributed by atoms with van der Waals surface area (Å²) < 4.78 is 0. The van der Waals surface area contributed by atoms with Crippen molar-refractivity contribution in [3.05, 3.63) is 23.4 Å². The Morgan fingerprint density at radius 1 is 1.53 bits per heavy atom. The van der Waals surface area contributed by atoms with Crippen LogP contribution in [0.2, 0.25) is 0 Å². The van der Waals surface area contributed by atoms with Crippen LogP contribution in [0, 0.1) is 5.92 Å². The SMILES string of the molecule is CCc1cc(C(=O)N(C)CC2CC2)cc(N)n1. The number of amides is 1. The molecule has 1 heterocycles. The molecule has 0 atom stereocenters. The van der Waals surface area contributed by atoms with Gasteiger partial charge in [-0.05, 0) is 37.3 Å². The average Bonchev–Trinajstić information content (AvgIpc) is 3.10. The second-order valence-electron chi connectivity index (χ2n) is 4.75. The van der Waals surface area contributed by atoms with Gasteiger partial charge >= 0.3 is 0 Å². The predicted molar refractivity (Wildman–Crippen MR) is 67.7 cm³/mol. The lowest BCUT2D eigenvalue weighted by molar-refractivity contribution is 0.0788. The van der Waals surface area contributed by atoms with Crippen molar-refractivity contribution in [1.29, 1.82) is 0 Å². The van der Waals surface area contributed by atoms with Gasteiger partial charge in [-0.2, -0.15) is 0 Å². The zero-order valence-electron chi connectivity index (χ0n) is 10.4. The number of anilines is 1. The lowest BCUT2D eigenvalue weighted by Gasteiger charge is -2.17. The summed E-state index contributed by atoms with van der Waals surface area (Å²) in [5, 5.41) is 0. The summed E-state index contributed by atoms with van der Waals surface area (Å²) in [4.78, 5) is 18.1. The van der Waals surface area contributed by atoms with Gasteiger partial charge in [0.1, 0.15) is 5.82 Å². The first-order chi connectivity index (χ1) is 8.10. The number of hydrogen-bond acceptors (Lipinski definition) is 3. The van der Waals surface area contributed by atoms with Crippen LogP contribution < -0.4 is 5.73 Å². The average molecular weight is 233 g/mol. The van der Waals surface area contributed by atoms with Gasteiger partial charge < -0.3 is 10.6 Å². The molecule has 0 spiro atoms. The Kier molecular flexibility index (Phi) is 3.31. The summed E-state index contributed by atoms with van der Waals surface area (Å²) in [6.45, 7) is 2.85. The number of aromatic nitrogens is 1. The Hall–Kier alpha value is -1.58. The van der Waals surface area contributed by atoms with Crippen molar-refractivity contribution in [3.8, 4) is 0 Å². The van der Waals surface area contributed by atoms with E-state index in [9.17, 15) is 4.79 Å². The number of carbonyl (C=O) groups is 1. The van der Waals surface area contributed by atoms with Gasteiger partial charge in [0.25, 0.3) is 5.91 Å². The molecule has 1 aliphatic rings. The van der Waals surface area contributed by atoms with E-state index in [0.717, 1.165) is 18.7 Å². The molecular weight excluding hydrogens is 214 g/mol. The Morgan fingerprint density at radius 2 is 2.24 bits per heavy atom.